The van der Waals surface area contributed by atoms with Gasteiger partial charge in [0.25, 0.3) is 0 Å². The Labute approximate surface area is 164 Å². The van der Waals surface area contributed by atoms with Crippen molar-refractivity contribution in [2.75, 3.05) is 26.7 Å². The zero-order valence-corrected chi connectivity index (χ0v) is 16.3. The van der Waals surface area contributed by atoms with Crippen molar-refractivity contribution in [2.45, 2.75) is 45.4 Å². The van der Waals surface area contributed by atoms with Crippen molar-refractivity contribution in [1.29, 1.82) is 0 Å². The Hall–Kier alpha value is -2.32. The fraction of sp³-hybridized carbons (Fsp3) is 0.600. The molecule has 8 nitrogen and oxygen atoms in total. The Morgan fingerprint density at radius 3 is 3.00 bits per heavy atom. The van der Waals surface area contributed by atoms with Crippen LogP contribution in [0.15, 0.2) is 28.9 Å². The Kier molecular flexibility index (Phi) is 5.68. The molecule has 0 bridgehead atoms. The minimum Gasteiger partial charge on any atom is -0.377 e. The molecule has 1 spiro atoms. The first-order valence-corrected chi connectivity index (χ1v) is 9.86. The predicted molar refractivity (Wildman–Crippen MR) is 101 cm³/mol. The van der Waals surface area contributed by atoms with E-state index in [0.29, 0.717) is 37.8 Å². The summed E-state index contributed by atoms with van der Waals surface area (Å²) in [4.78, 5) is 25.6. The number of nitrogens with zero attached hydrogens (tertiary/aromatic N) is 5. The SMILES string of the molecule is COCc1noc(CN2CCC[C@@]3(CCC(=O)N(Cc4ccccn4)C3)C2)n1. The molecule has 4 rings (SSSR count). The van der Waals surface area contributed by atoms with Gasteiger partial charge in [0.1, 0.15) is 6.61 Å². The van der Waals surface area contributed by atoms with Crippen LogP contribution in [0.3, 0.4) is 0 Å². The van der Waals surface area contributed by atoms with Crippen molar-refractivity contribution >= 4 is 5.91 Å². The third-order valence-corrected chi connectivity index (χ3v) is 5.71. The highest BCUT2D eigenvalue weighted by atomic mass is 16.5. The van der Waals surface area contributed by atoms with Crippen LogP contribution in [0, 0.1) is 5.41 Å². The van der Waals surface area contributed by atoms with Gasteiger partial charge in [-0.2, -0.15) is 4.98 Å². The van der Waals surface area contributed by atoms with Crippen molar-refractivity contribution in [3.63, 3.8) is 0 Å². The maximum atomic E-state index is 12.5. The second-order valence-corrected chi connectivity index (χ2v) is 7.92. The first-order chi connectivity index (χ1) is 13.7. The van der Waals surface area contributed by atoms with E-state index < -0.39 is 0 Å². The summed E-state index contributed by atoms with van der Waals surface area (Å²) in [5.74, 6) is 1.44. The second kappa shape index (κ2) is 8.36. The molecule has 2 fully saturated rings. The van der Waals surface area contributed by atoms with Crippen LogP contribution in [0.1, 0.15) is 43.1 Å². The van der Waals surface area contributed by atoms with Gasteiger partial charge in [-0.25, -0.2) is 0 Å². The van der Waals surface area contributed by atoms with E-state index in [9.17, 15) is 4.79 Å². The number of aromatic nitrogens is 3. The molecule has 2 aliphatic rings. The van der Waals surface area contributed by atoms with E-state index in [4.69, 9.17) is 9.26 Å². The van der Waals surface area contributed by atoms with E-state index in [2.05, 4.69) is 20.0 Å². The summed E-state index contributed by atoms with van der Waals surface area (Å²) in [6, 6.07) is 5.85. The molecule has 2 aromatic rings. The molecular weight excluding hydrogens is 358 g/mol. The molecule has 0 saturated carbocycles. The van der Waals surface area contributed by atoms with Crippen LogP contribution in [0.25, 0.3) is 0 Å². The number of carbonyl (C=O) groups excluding carboxylic acids is 1. The molecule has 2 aliphatic heterocycles. The Morgan fingerprint density at radius 1 is 1.25 bits per heavy atom. The summed E-state index contributed by atoms with van der Waals surface area (Å²) >= 11 is 0. The van der Waals surface area contributed by atoms with E-state index in [1.807, 2.05) is 23.1 Å². The molecular formula is C20H27N5O3. The molecule has 1 amide bonds. The Balaban J connectivity index is 1.40. The standard InChI is InChI=1S/C20H27N5O3/c1-27-13-17-22-18(28-23-17)12-24-10-4-7-20(14-24)8-6-19(26)25(15-20)11-16-5-2-3-9-21-16/h2-3,5,9H,4,6-8,10-15H2,1H3/t20-/m1/s1. The molecule has 2 saturated heterocycles. The lowest BCUT2D eigenvalue weighted by Gasteiger charge is -2.48. The molecule has 150 valence electrons. The summed E-state index contributed by atoms with van der Waals surface area (Å²) in [7, 11) is 1.62. The van der Waals surface area contributed by atoms with Gasteiger partial charge < -0.3 is 14.2 Å². The smallest absolute Gasteiger partial charge is 0.240 e. The fourth-order valence-corrected chi connectivity index (χ4v) is 4.45. The highest BCUT2D eigenvalue weighted by Gasteiger charge is 2.41. The number of carbonyl (C=O) groups is 1. The number of hydrogen-bond donors (Lipinski definition) is 0. The lowest BCUT2D eigenvalue weighted by molar-refractivity contribution is -0.140. The first kappa shape index (κ1) is 19.0. The minimum atomic E-state index is 0.135. The highest BCUT2D eigenvalue weighted by molar-refractivity contribution is 5.77. The molecule has 0 radical (unpaired) electrons. The number of piperidine rings is 2. The molecule has 8 heteroatoms. The number of amides is 1. The zero-order valence-electron chi connectivity index (χ0n) is 16.3. The van der Waals surface area contributed by atoms with E-state index in [1.165, 1.54) is 0 Å². The van der Waals surface area contributed by atoms with Gasteiger partial charge in [0.2, 0.25) is 11.8 Å². The second-order valence-electron chi connectivity index (χ2n) is 7.92. The van der Waals surface area contributed by atoms with Gasteiger partial charge in [-0.1, -0.05) is 11.2 Å². The minimum absolute atomic E-state index is 0.135. The number of likely N-dealkylation sites (tertiary alicyclic amines) is 2. The fourth-order valence-electron chi connectivity index (χ4n) is 4.45. The van der Waals surface area contributed by atoms with E-state index >= 15 is 0 Å². The zero-order chi connectivity index (χ0) is 19.4. The first-order valence-electron chi connectivity index (χ1n) is 9.86. The van der Waals surface area contributed by atoms with E-state index in [1.54, 1.807) is 13.3 Å². The normalized spacial score (nSPS) is 23.5. The van der Waals surface area contributed by atoms with Gasteiger partial charge in [-0.05, 0) is 37.9 Å². The van der Waals surface area contributed by atoms with Crippen LogP contribution in [-0.4, -0.2) is 57.6 Å². The maximum Gasteiger partial charge on any atom is 0.240 e. The lowest BCUT2D eigenvalue weighted by Crippen LogP contribution is -2.53. The lowest BCUT2D eigenvalue weighted by atomic mass is 9.73. The third kappa shape index (κ3) is 4.39. The van der Waals surface area contributed by atoms with Crippen molar-refractivity contribution in [3.8, 4) is 0 Å². The Morgan fingerprint density at radius 2 is 2.18 bits per heavy atom. The highest BCUT2D eigenvalue weighted by Crippen LogP contribution is 2.39. The third-order valence-electron chi connectivity index (χ3n) is 5.71. The van der Waals surface area contributed by atoms with Gasteiger partial charge in [-0.15, -0.1) is 0 Å². The van der Waals surface area contributed by atoms with Gasteiger partial charge >= 0.3 is 0 Å². The van der Waals surface area contributed by atoms with Crippen molar-refractivity contribution in [3.05, 3.63) is 41.8 Å². The summed E-state index contributed by atoms with van der Waals surface area (Å²) in [6.45, 7) is 4.34. The van der Waals surface area contributed by atoms with E-state index in [-0.39, 0.29) is 11.3 Å². The van der Waals surface area contributed by atoms with Crippen LogP contribution in [0.2, 0.25) is 0 Å². The monoisotopic (exact) mass is 385 g/mol. The van der Waals surface area contributed by atoms with Crippen molar-refractivity contribution in [2.24, 2.45) is 5.41 Å². The molecule has 0 N–H and O–H groups in total. The number of rotatable bonds is 6. The molecule has 0 aromatic carbocycles. The molecule has 0 aliphatic carbocycles. The van der Waals surface area contributed by atoms with Crippen molar-refractivity contribution in [1.82, 2.24) is 24.9 Å². The molecule has 0 unspecified atom stereocenters. The van der Waals surface area contributed by atoms with Crippen molar-refractivity contribution < 1.29 is 14.1 Å². The summed E-state index contributed by atoms with van der Waals surface area (Å²) < 4.78 is 10.4. The molecule has 4 heterocycles. The largest absolute Gasteiger partial charge is 0.377 e. The average Bonchev–Trinajstić information content (AvgIpc) is 3.13. The predicted octanol–water partition coefficient (Wildman–Crippen LogP) is 2.02. The van der Waals surface area contributed by atoms with Crippen LogP contribution >= 0.6 is 0 Å². The van der Waals surface area contributed by atoms with E-state index in [0.717, 1.165) is 44.6 Å². The summed E-state index contributed by atoms with van der Waals surface area (Å²) in [5.41, 5.74) is 1.08. The topological polar surface area (TPSA) is 84.6 Å². The summed E-state index contributed by atoms with van der Waals surface area (Å²) in [5, 5.41) is 3.95. The van der Waals surface area contributed by atoms with Gasteiger partial charge in [-0.3, -0.25) is 14.7 Å². The molecule has 1 atom stereocenters. The van der Waals surface area contributed by atoms with Gasteiger partial charge in [0.05, 0.1) is 18.8 Å². The molecule has 28 heavy (non-hydrogen) atoms. The van der Waals surface area contributed by atoms with Crippen LogP contribution in [0.5, 0.6) is 0 Å². The number of ether oxygens (including phenoxy) is 1. The quantitative estimate of drug-likeness (QED) is 0.752. The van der Waals surface area contributed by atoms with Gasteiger partial charge in [0.15, 0.2) is 5.82 Å². The van der Waals surface area contributed by atoms with Crippen LogP contribution in [-0.2, 0) is 29.2 Å². The van der Waals surface area contributed by atoms with Crippen LogP contribution < -0.4 is 0 Å². The van der Waals surface area contributed by atoms with Gasteiger partial charge in [0, 0.05) is 38.2 Å². The average molecular weight is 385 g/mol. The number of hydrogen-bond acceptors (Lipinski definition) is 7. The summed E-state index contributed by atoms with van der Waals surface area (Å²) in [6.07, 6.45) is 5.60. The maximum absolute atomic E-state index is 12.5. The van der Waals surface area contributed by atoms with Crippen LogP contribution in [0.4, 0.5) is 0 Å². The molecule has 2 aromatic heterocycles. The Bertz CT molecular complexity index is 796. The number of pyridine rings is 1. The number of methoxy groups -OCH3 is 1.